The lowest BCUT2D eigenvalue weighted by molar-refractivity contribution is 0.373. The highest BCUT2D eigenvalue weighted by Crippen LogP contribution is 2.35. The number of aromatic nitrogens is 5. The van der Waals surface area contributed by atoms with Gasteiger partial charge >= 0.3 is 0 Å². The molecule has 9 heteroatoms. The summed E-state index contributed by atoms with van der Waals surface area (Å²) in [4.78, 5) is 12.7. The molecule has 1 saturated heterocycles. The van der Waals surface area contributed by atoms with Crippen molar-refractivity contribution in [3.63, 3.8) is 0 Å². The average Bonchev–Trinajstić information content (AvgIpc) is 3.65. The van der Waals surface area contributed by atoms with Gasteiger partial charge in [-0.3, -0.25) is 15.1 Å². The molecule has 0 bridgehead atoms. The number of aromatic amines is 2. The van der Waals surface area contributed by atoms with E-state index in [0.717, 1.165) is 92.0 Å². The Morgan fingerprint density at radius 1 is 0.932 bits per heavy atom. The van der Waals surface area contributed by atoms with Crippen LogP contribution in [0.25, 0.3) is 55.6 Å². The van der Waals surface area contributed by atoms with E-state index < -0.39 is 0 Å². The summed E-state index contributed by atoms with van der Waals surface area (Å²) in [5, 5.41) is 19.7. The molecule has 2 aromatic carbocycles. The zero-order valence-electron chi connectivity index (χ0n) is 24.7. The molecule has 44 heavy (non-hydrogen) atoms. The summed E-state index contributed by atoms with van der Waals surface area (Å²) >= 11 is 0. The largest absolute Gasteiger partial charge is 0.358 e. The Labute approximate surface area is 255 Å². The summed E-state index contributed by atoms with van der Waals surface area (Å²) in [5.41, 5.74) is 9.81. The molecule has 0 radical (unpaired) electrons. The lowest BCUT2D eigenvalue weighted by atomic mass is 9.93. The van der Waals surface area contributed by atoms with Crippen LogP contribution in [0.2, 0.25) is 0 Å². The van der Waals surface area contributed by atoms with E-state index in [1.165, 1.54) is 18.9 Å². The monoisotopic (exact) mass is 586 g/mol. The van der Waals surface area contributed by atoms with Gasteiger partial charge in [-0.1, -0.05) is 12.6 Å². The first-order chi connectivity index (χ1) is 21.5. The van der Waals surface area contributed by atoms with E-state index in [1.807, 2.05) is 43.7 Å². The van der Waals surface area contributed by atoms with Crippen molar-refractivity contribution in [2.24, 2.45) is 5.92 Å². The van der Waals surface area contributed by atoms with Gasteiger partial charge in [0.05, 0.1) is 28.8 Å². The zero-order chi connectivity index (χ0) is 30.0. The van der Waals surface area contributed by atoms with Crippen LogP contribution in [0.4, 0.5) is 10.1 Å². The highest BCUT2D eigenvalue weighted by atomic mass is 19.1. The number of H-pyrrole nitrogens is 2. The van der Waals surface area contributed by atoms with Gasteiger partial charge in [0.15, 0.2) is 0 Å². The van der Waals surface area contributed by atoms with Gasteiger partial charge < -0.3 is 20.9 Å². The molecular weight excluding hydrogens is 551 g/mol. The minimum atomic E-state index is -0.284. The fraction of sp³-hybridized carbons (Fsp3) is 0.229. The molecule has 1 fully saturated rings. The molecule has 1 aliphatic heterocycles. The number of halogens is 1. The number of hydrogen-bond acceptors (Lipinski definition) is 6. The van der Waals surface area contributed by atoms with Crippen molar-refractivity contribution in [1.29, 1.82) is 0 Å². The first-order valence-corrected chi connectivity index (χ1v) is 15.1. The first-order valence-electron chi connectivity index (χ1n) is 15.1. The Kier molecular flexibility index (Phi) is 7.64. The van der Waals surface area contributed by atoms with E-state index in [9.17, 15) is 4.39 Å². The third-order valence-electron chi connectivity index (χ3n) is 8.36. The third kappa shape index (κ3) is 5.71. The van der Waals surface area contributed by atoms with Crippen molar-refractivity contribution >= 4 is 27.5 Å². The van der Waals surface area contributed by atoms with Crippen molar-refractivity contribution < 1.29 is 4.39 Å². The molecule has 8 nitrogen and oxygen atoms in total. The number of pyridine rings is 2. The van der Waals surface area contributed by atoms with Crippen molar-refractivity contribution in [2.45, 2.75) is 25.8 Å². The maximum absolute atomic E-state index is 14.5. The number of rotatable bonds is 9. The number of hydrogen-bond donors (Lipinski definition) is 5. The van der Waals surface area contributed by atoms with E-state index >= 15 is 0 Å². The van der Waals surface area contributed by atoms with Gasteiger partial charge in [-0.2, -0.15) is 5.10 Å². The zero-order valence-corrected chi connectivity index (χ0v) is 24.7. The molecule has 0 unspecified atom stereocenters. The van der Waals surface area contributed by atoms with E-state index in [-0.39, 0.29) is 5.82 Å². The van der Waals surface area contributed by atoms with Crippen LogP contribution >= 0.6 is 0 Å². The summed E-state index contributed by atoms with van der Waals surface area (Å²) < 4.78 is 14.5. The topological polar surface area (TPSA) is 106 Å². The lowest BCUT2D eigenvalue weighted by Gasteiger charge is -2.23. The predicted octanol–water partition coefficient (Wildman–Crippen LogP) is 7.01. The van der Waals surface area contributed by atoms with Crippen LogP contribution in [-0.4, -0.2) is 45.3 Å². The molecule has 4 aromatic heterocycles. The first kappa shape index (κ1) is 27.9. The number of benzene rings is 2. The van der Waals surface area contributed by atoms with Gasteiger partial charge in [0.2, 0.25) is 0 Å². The molecule has 6 aromatic rings. The summed E-state index contributed by atoms with van der Waals surface area (Å²) in [7, 11) is 1.85. The standard InChI is InChI=1S/C35H35FN8/c1-21(11-22-5-8-38-9-6-22)41-28-15-26(19-39-20-28)24-3-4-32-29(16-24)35(44-43-32)33-17-30-31(42-33)7-10-40-34(30)25-12-23(18-37-2)13-27(36)14-25/h3-4,7,10,12-17,19-20,22,37-38,41-42H,1,5-6,8-9,11,18H2,2H3,(H,43,44). The molecule has 7 rings (SSSR count). The Balaban J connectivity index is 1.19. The number of nitrogens with zero attached hydrogens (tertiary/aromatic N) is 3. The van der Waals surface area contributed by atoms with Crippen molar-refractivity contribution in [1.82, 2.24) is 35.8 Å². The predicted molar refractivity (Wildman–Crippen MR) is 176 cm³/mol. The van der Waals surface area contributed by atoms with Gasteiger partial charge in [-0.25, -0.2) is 4.39 Å². The number of anilines is 1. The average molecular weight is 587 g/mol. The smallest absolute Gasteiger partial charge is 0.124 e. The molecule has 5 heterocycles. The number of nitrogens with one attached hydrogen (secondary N) is 5. The summed E-state index contributed by atoms with van der Waals surface area (Å²) in [6, 6.07) is 17.4. The minimum absolute atomic E-state index is 0.284. The van der Waals surface area contributed by atoms with E-state index in [2.05, 4.69) is 65.9 Å². The van der Waals surface area contributed by atoms with Crippen LogP contribution < -0.4 is 16.0 Å². The Hall–Kier alpha value is -4.86. The molecule has 0 spiro atoms. The van der Waals surface area contributed by atoms with Crippen LogP contribution in [0.5, 0.6) is 0 Å². The van der Waals surface area contributed by atoms with E-state index in [4.69, 9.17) is 0 Å². The highest BCUT2D eigenvalue weighted by Gasteiger charge is 2.17. The normalized spacial score (nSPS) is 14.0. The lowest BCUT2D eigenvalue weighted by Crippen LogP contribution is -2.28. The maximum atomic E-state index is 14.5. The molecule has 1 aliphatic rings. The number of piperidine rings is 1. The summed E-state index contributed by atoms with van der Waals surface area (Å²) in [6.45, 7) is 7.01. The van der Waals surface area contributed by atoms with Crippen LogP contribution in [0, 0.1) is 11.7 Å². The van der Waals surface area contributed by atoms with Gasteiger partial charge in [-0.15, -0.1) is 0 Å². The SMILES string of the molecule is C=C(CC1CCNCC1)Nc1cncc(-c2ccc3[nH]nc(-c4cc5c(-c6cc(F)cc(CNC)c6)nccc5[nH]4)c3c2)c1. The van der Waals surface area contributed by atoms with Crippen LogP contribution in [-0.2, 0) is 6.54 Å². The van der Waals surface area contributed by atoms with Crippen LogP contribution in [0.1, 0.15) is 24.8 Å². The Morgan fingerprint density at radius 3 is 2.66 bits per heavy atom. The summed E-state index contributed by atoms with van der Waals surface area (Å²) in [6.07, 6.45) is 8.80. The molecule has 0 atom stereocenters. The van der Waals surface area contributed by atoms with Gasteiger partial charge in [0, 0.05) is 52.1 Å². The van der Waals surface area contributed by atoms with Crippen LogP contribution in [0.15, 0.2) is 85.5 Å². The molecule has 222 valence electrons. The minimum Gasteiger partial charge on any atom is -0.358 e. The molecule has 0 saturated carbocycles. The Morgan fingerprint density at radius 2 is 1.80 bits per heavy atom. The molecular formula is C35H35FN8. The second-order valence-corrected chi connectivity index (χ2v) is 11.6. The highest BCUT2D eigenvalue weighted by molar-refractivity contribution is 6.01. The van der Waals surface area contributed by atoms with E-state index in [1.54, 1.807) is 12.3 Å². The second kappa shape index (κ2) is 12.0. The van der Waals surface area contributed by atoms with Gasteiger partial charge in [0.1, 0.15) is 11.5 Å². The van der Waals surface area contributed by atoms with Crippen LogP contribution in [0.3, 0.4) is 0 Å². The van der Waals surface area contributed by atoms with Crippen molar-refractivity contribution in [2.75, 3.05) is 25.5 Å². The number of fused-ring (bicyclic) bond motifs is 2. The fourth-order valence-electron chi connectivity index (χ4n) is 6.26. The Bertz CT molecular complexity index is 1970. The van der Waals surface area contributed by atoms with Crippen molar-refractivity contribution in [3.05, 3.63) is 96.8 Å². The third-order valence-corrected chi connectivity index (χ3v) is 8.36. The second-order valence-electron chi connectivity index (χ2n) is 11.6. The summed E-state index contributed by atoms with van der Waals surface area (Å²) in [5.74, 6) is 0.378. The fourth-order valence-corrected chi connectivity index (χ4v) is 6.26. The number of allylic oxidation sites excluding steroid dienone is 1. The van der Waals surface area contributed by atoms with Crippen molar-refractivity contribution in [3.8, 4) is 33.8 Å². The molecule has 5 N–H and O–H groups in total. The van der Waals surface area contributed by atoms with E-state index in [0.29, 0.717) is 12.5 Å². The van der Waals surface area contributed by atoms with Gasteiger partial charge in [-0.05, 0) is 105 Å². The maximum Gasteiger partial charge on any atom is 0.124 e. The quantitative estimate of drug-likeness (QED) is 0.125. The molecule has 0 amide bonds. The molecule has 0 aliphatic carbocycles. The van der Waals surface area contributed by atoms with Gasteiger partial charge in [0.25, 0.3) is 0 Å².